The smallest absolute Gasteiger partial charge is 0.0587 e. The highest BCUT2D eigenvalue weighted by Gasteiger charge is 1.95. The van der Waals surface area contributed by atoms with Crippen molar-refractivity contribution in [3.05, 3.63) is 28.5 Å². The number of rotatable bonds is 8. The van der Waals surface area contributed by atoms with Gasteiger partial charge >= 0.3 is 0 Å². The Hall–Kier alpha value is -0.450. The van der Waals surface area contributed by atoms with Crippen molar-refractivity contribution in [1.29, 1.82) is 0 Å². The van der Waals surface area contributed by atoms with E-state index in [9.17, 15) is 0 Å². The molecule has 0 atom stereocenters. The first-order chi connectivity index (χ1) is 7.83. The van der Waals surface area contributed by atoms with E-state index in [2.05, 4.69) is 32.3 Å². The van der Waals surface area contributed by atoms with Crippen LogP contribution in [-0.2, 0) is 11.2 Å². The van der Waals surface area contributed by atoms with Gasteiger partial charge in [-0.25, -0.2) is 0 Å². The molecule has 1 aromatic heterocycles. The minimum Gasteiger partial charge on any atom is -0.383 e. The quantitative estimate of drug-likeness (QED) is 0.746. The van der Waals surface area contributed by atoms with Gasteiger partial charge in [0.1, 0.15) is 0 Å². The molecule has 90 valence electrons. The molecule has 0 aliphatic rings. The minimum absolute atomic E-state index is 0.787. The summed E-state index contributed by atoms with van der Waals surface area (Å²) in [6, 6.07) is 2.13. The third kappa shape index (κ3) is 6.20. The normalized spacial score (nSPS) is 10.6. The number of aromatic nitrogens is 1. The summed E-state index contributed by atoms with van der Waals surface area (Å²) < 4.78 is 6.01. The average molecular weight is 287 g/mol. The van der Waals surface area contributed by atoms with Crippen molar-refractivity contribution in [1.82, 2.24) is 10.3 Å². The monoisotopic (exact) mass is 286 g/mol. The van der Waals surface area contributed by atoms with Crippen molar-refractivity contribution in [2.75, 3.05) is 26.8 Å². The maximum Gasteiger partial charge on any atom is 0.0587 e. The summed E-state index contributed by atoms with van der Waals surface area (Å²) in [6.07, 6.45) is 7.23. The van der Waals surface area contributed by atoms with E-state index in [-0.39, 0.29) is 0 Å². The topological polar surface area (TPSA) is 34.1 Å². The fourth-order valence-electron chi connectivity index (χ4n) is 1.47. The molecule has 1 rings (SSSR count). The predicted octanol–water partition coefficient (Wildman–Crippen LogP) is 2.40. The van der Waals surface area contributed by atoms with Gasteiger partial charge in [0, 0.05) is 30.5 Å². The van der Waals surface area contributed by atoms with Crippen molar-refractivity contribution in [3.8, 4) is 0 Å². The summed E-state index contributed by atoms with van der Waals surface area (Å²) in [6.45, 7) is 2.79. The highest BCUT2D eigenvalue weighted by Crippen LogP contribution is 2.11. The second-order valence-electron chi connectivity index (χ2n) is 3.71. The molecular formula is C12H19BrN2O. The van der Waals surface area contributed by atoms with Crippen molar-refractivity contribution < 1.29 is 4.74 Å². The molecule has 0 saturated heterocycles. The number of hydrogen-bond donors (Lipinski definition) is 1. The Balaban J connectivity index is 2.03. The zero-order chi connectivity index (χ0) is 11.6. The van der Waals surface area contributed by atoms with E-state index in [1.165, 1.54) is 18.4 Å². The predicted molar refractivity (Wildman–Crippen MR) is 69.6 cm³/mol. The van der Waals surface area contributed by atoms with Crippen LogP contribution in [0.15, 0.2) is 22.9 Å². The van der Waals surface area contributed by atoms with Gasteiger partial charge in [0.15, 0.2) is 0 Å². The van der Waals surface area contributed by atoms with Crippen LogP contribution < -0.4 is 5.32 Å². The molecule has 4 heteroatoms. The number of ether oxygens (including phenoxy) is 1. The number of methoxy groups -OCH3 is 1. The van der Waals surface area contributed by atoms with Crippen molar-refractivity contribution in [2.45, 2.75) is 19.3 Å². The molecule has 0 fully saturated rings. The summed E-state index contributed by atoms with van der Waals surface area (Å²) in [4.78, 5) is 4.14. The van der Waals surface area contributed by atoms with E-state index in [1.54, 1.807) is 7.11 Å². The summed E-state index contributed by atoms with van der Waals surface area (Å²) in [5.41, 5.74) is 1.30. The van der Waals surface area contributed by atoms with Crippen LogP contribution >= 0.6 is 15.9 Å². The maximum atomic E-state index is 4.95. The number of unbranched alkanes of at least 4 members (excludes halogenated alkanes) is 1. The van der Waals surface area contributed by atoms with Gasteiger partial charge in [0.05, 0.1) is 6.61 Å². The molecule has 0 bridgehead atoms. The number of pyridine rings is 1. The molecule has 1 heterocycles. The van der Waals surface area contributed by atoms with Crippen LogP contribution in [0, 0.1) is 0 Å². The molecular weight excluding hydrogens is 268 g/mol. The van der Waals surface area contributed by atoms with Crippen LogP contribution in [0.1, 0.15) is 18.4 Å². The summed E-state index contributed by atoms with van der Waals surface area (Å²) in [5.74, 6) is 0. The lowest BCUT2D eigenvalue weighted by molar-refractivity contribution is 0.199. The first-order valence-corrected chi connectivity index (χ1v) is 6.41. The van der Waals surface area contributed by atoms with Crippen LogP contribution in [0.4, 0.5) is 0 Å². The lowest BCUT2D eigenvalue weighted by Crippen LogP contribution is -2.20. The van der Waals surface area contributed by atoms with Gasteiger partial charge in [-0.2, -0.15) is 0 Å². The molecule has 1 aromatic rings. The molecule has 0 aromatic carbocycles. The van der Waals surface area contributed by atoms with Crippen molar-refractivity contribution in [2.24, 2.45) is 0 Å². The second-order valence-corrected chi connectivity index (χ2v) is 4.63. The molecule has 0 aliphatic carbocycles. The van der Waals surface area contributed by atoms with Crippen LogP contribution in [0.25, 0.3) is 0 Å². The summed E-state index contributed by atoms with van der Waals surface area (Å²) in [7, 11) is 1.72. The molecule has 3 nitrogen and oxygen atoms in total. The third-order valence-corrected chi connectivity index (χ3v) is 2.75. The van der Waals surface area contributed by atoms with E-state index < -0.39 is 0 Å². The van der Waals surface area contributed by atoms with Gasteiger partial charge in [0.2, 0.25) is 0 Å². The van der Waals surface area contributed by atoms with Gasteiger partial charge in [-0.3, -0.25) is 4.98 Å². The van der Waals surface area contributed by atoms with E-state index in [1.807, 2.05) is 12.4 Å². The van der Waals surface area contributed by atoms with Crippen LogP contribution in [0.2, 0.25) is 0 Å². The van der Waals surface area contributed by atoms with Crippen molar-refractivity contribution in [3.63, 3.8) is 0 Å². The molecule has 16 heavy (non-hydrogen) atoms. The lowest BCUT2D eigenvalue weighted by atomic mass is 10.1. The Morgan fingerprint density at radius 2 is 2.19 bits per heavy atom. The van der Waals surface area contributed by atoms with Gasteiger partial charge in [-0.15, -0.1) is 0 Å². The second kappa shape index (κ2) is 8.67. The average Bonchev–Trinajstić information content (AvgIpc) is 2.28. The van der Waals surface area contributed by atoms with E-state index in [0.717, 1.165) is 30.6 Å². The van der Waals surface area contributed by atoms with Crippen LogP contribution in [0.3, 0.4) is 0 Å². The summed E-state index contributed by atoms with van der Waals surface area (Å²) in [5, 5.41) is 3.33. The summed E-state index contributed by atoms with van der Waals surface area (Å²) >= 11 is 3.42. The number of halogens is 1. The Morgan fingerprint density at radius 3 is 2.94 bits per heavy atom. The van der Waals surface area contributed by atoms with E-state index in [4.69, 9.17) is 4.74 Å². The first kappa shape index (κ1) is 13.6. The number of nitrogens with one attached hydrogen (secondary N) is 1. The number of nitrogens with zero attached hydrogens (tertiary/aromatic N) is 1. The Bertz CT molecular complexity index is 294. The number of aryl methyl sites for hydroxylation is 1. The molecule has 0 aliphatic heterocycles. The van der Waals surface area contributed by atoms with Gasteiger partial charge in [-0.1, -0.05) is 0 Å². The van der Waals surface area contributed by atoms with Gasteiger partial charge in [0.25, 0.3) is 0 Å². The Labute approximate surface area is 106 Å². The Kier molecular flexibility index (Phi) is 7.38. The third-order valence-electron chi connectivity index (χ3n) is 2.31. The van der Waals surface area contributed by atoms with Gasteiger partial charge < -0.3 is 10.1 Å². The zero-order valence-corrected chi connectivity index (χ0v) is 11.3. The standard InChI is InChI=1S/C12H19BrN2O/c1-16-7-6-14-5-3-2-4-11-8-12(13)10-15-9-11/h8-10,14H,2-7H2,1H3. The van der Waals surface area contributed by atoms with Crippen molar-refractivity contribution >= 4 is 15.9 Å². The van der Waals surface area contributed by atoms with Gasteiger partial charge in [-0.05, 0) is 53.4 Å². The fourth-order valence-corrected chi connectivity index (χ4v) is 1.88. The number of hydrogen-bond acceptors (Lipinski definition) is 3. The highest BCUT2D eigenvalue weighted by molar-refractivity contribution is 9.10. The minimum atomic E-state index is 0.787. The SMILES string of the molecule is COCCNCCCCc1cncc(Br)c1. The highest BCUT2D eigenvalue weighted by atomic mass is 79.9. The van der Waals surface area contributed by atoms with Crippen LogP contribution in [-0.4, -0.2) is 31.8 Å². The molecule has 0 spiro atoms. The Morgan fingerprint density at radius 1 is 1.31 bits per heavy atom. The molecule has 0 radical (unpaired) electrons. The molecule has 0 unspecified atom stereocenters. The molecule has 1 N–H and O–H groups in total. The van der Waals surface area contributed by atoms with E-state index >= 15 is 0 Å². The maximum absolute atomic E-state index is 4.95. The first-order valence-electron chi connectivity index (χ1n) is 5.62. The fraction of sp³-hybridized carbons (Fsp3) is 0.583. The largest absolute Gasteiger partial charge is 0.383 e. The van der Waals surface area contributed by atoms with Crippen LogP contribution in [0.5, 0.6) is 0 Å². The van der Waals surface area contributed by atoms with E-state index in [0.29, 0.717) is 0 Å². The molecule has 0 amide bonds. The zero-order valence-electron chi connectivity index (χ0n) is 9.71. The lowest BCUT2D eigenvalue weighted by Gasteiger charge is -2.04. The molecule has 0 saturated carbocycles.